The molecule has 0 fully saturated rings. The Morgan fingerprint density at radius 1 is 0.350 bits per heavy atom. The van der Waals surface area contributed by atoms with Crippen molar-refractivity contribution in [3.8, 4) is 67.3 Å². The van der Waals surface area contributed by atoms with Gasteiger partial charge in [-0.2, -0.15) is 0 Å². The van der Waals surface area contributed by atoms with E-state index < -0.39 is 5.41 Å². The molecule has 0 saturated carbocycles. The van der Waals surface area contributed by atoms with E-state index in [-0.39, 0.29) is 0 Å². The number of para-hydroxylation sites is 1. The molecule has 0 N–H and O–H groups in total. The quantitative estimate of drug-likeness (QED) is 0.174. The standard InChI is InChI=1S/C56H35N3S/c1-3-15-36(16-4-1)37-30-32-38(33-31-37)50-35-51(59-55(58-50)40-17-5-2-6-18-40)45-25-13-29-49-54(45)60-53-44(43-23-11-19-39-20-14-34-57-52(39)43)24-12-28-48(53)56(49)46-26-9-7-21-41(46)42-22-8-10-27-47(42)56/h1-35H. The van der Waals surface area contributed by atoms with Gasteiger partial charge in [-0.05, 0) is 62.2 Å². The first-order valence-electron chi connectivity index (χ1n) is 20.3. The van der Waals surface area contributed by atoms with Crippen LogP contribution in [0.4, 0.5) is 0 Å². The predicted octanol–water partition coefficient (Wildman–Crippen LogP) is 14.2. The molecule has 280 valence electrons. The Bertz CT molecular complexity index is 3230. The summed E-state index contributed by atoms with van der Waals surface area (Å²) in [6, 6.07) is 74.2. The smallest absolute Gasteiger partial charge is 0.160 e. The second-order valence-corrected chi connectivity index (χ2v) is 16.5. The topological polar surface area (TPSA) is 38.7 Å². The Morgan fingerprint density at radius 3 is 1.57 bits per heavy atom. The van der Waals surface area contributed by atoms with Crippen LogP contribution in [-0.2, 0) is 5.41 Å². The van der Waals surface area contributed by atoms with Gasteiger partial charge in [-0.3, -0.25) is 4.98 Å². The third kappa shape index (κ3) is 5.28. The molecule has 10 aromatic rings. The first-order valence-corrected chi connectivity index (χ1v) is 21.2. The highest BCUT2D eigenvalue weighted by molar-refractivity contribution is 7.99. The molecule has 0 radical (unpaired) electrons. The molecule has 2 aliphatic rings. The molecule has 8 aromatic carbocycles. The van der Waals surface area contributed by atoms with Gasteiger partial charge in [0.2, 0.25) is 0 Å². The fraction of sp³-hybridized carbons (Fsp3) is 0.0179. The normalized spacial score (nSPS) is 13.1. The summed E-state index contributed by atoms with van der Waals surface area (Å²) < 4.78 is 0. The van der Waals surface area contributed by atoms with Crippen molar-refractivity contribution in [1.29, 1.82) is 0 Å². The molecule has 3 nitrogen and oxygen atoms in total. The van der Waals surface area contributed by atoms with E-state index in [1.165, 1.54) is 59.9 Å². The minimum atomic E-state index is -0.571. The number of nitrogens with zero attached hydrogens (tertiary/aromatic N) is 3. The molecule has 0 bridgehead atoms. The van der Waals surface area contributed by atoms with Crippen LogP contribution in [0, 0.1) is 0 Å². The highest BCUT2D eigenvalue weighted by atomic mass is 32.2. The van der Waals surface area contributed by atoms with Crippen molar-refractivity contribution in [2.75, 3.05) is 0 Å². The van der Waals surface area contributed by atoms with E-state index >= 15 is 0 Å². The lowest BCUT2D eigenvalue weighted by Crippen LogP contribution is -2.32. The summed E-state index contributed by atoms with van der Waals surface area (Å²) in [5, 5.41) is 1.12. The lowest BCUT2D eigenvalue weighted by atomic mass is 9.66. The van der Waals surface area contributed by atoms with Crippen LogP contribution in [0.5, 0.6) is 0 Å². The summed E-state index contributed by atoms with van der Waals surface area (Å²) in [7, 11) is 0. The summed E-state index contributed by atoms with van der Waals surface area (Å²) in [5.41, 5.74) is 17.6. The van der Waals surface area contributed by atoms with Gasteiger partial charge in [0.1, 0.15) is 0 Å². The lowest BCUT2D eigenvalue weighted by Gasteiger charge is -2.41. The molecule has 0 unspecified atom stereocenters. The molecule has 0 atom stereocenters. The molecule has 0 saturated heterocycles. The highest BCUT2D eigenvalue weighted by Crippen LogP contribution is 2.64. The third-order valence-electron chi connectivity index (χ3n) is 12.2. The number of hydrogen-bond acceptors (Lipinski definition) is 4. The first-order chi connectivity index (χ1) is 29.8. The second-order valence-electron chi connectivity index (χ2n) is 15.5. The SMILES string of the molecule is c1ccc(-c2ccc(-c3cc(-c4cccc5c4Sc4c(-c6cccc7cccnc67)cccc4C54c5ccccc5-c5ccccc54)nc(-c4ccccc4)n3)cc2)cc1. The molecule has 12 rings (SSSR count). The number of benzene rings is 8. The van der Waals surface area contributed by atoms with E-state index in [0.717, 1.165) is 44.5 Å². The molecule has 1 spiro atoms. The van der Waals surface area contributed by atoms with Crippen molar-refractivity contribution in [2.45, 2.75) is 15.2 Å². The van der Waals surface area contributed by atoms with Gasteiger partial charge in [0.05, 0.1) is 22.3 Å². The van der Waals surface area contributed by atoms with Gasteiger partial charge in [-0.25, -0.2) is 9.97 Å². The van der Waals surface area contributed by atoms with Gasteiger partial charge in [0.15, 0.2) is 5.82 Å². The van der Waals surface area contributed by atoms with Crippen LogP contribution in [0.25, 0.3) is 78.2 Å². The van der Waals surface area contributed by atoms with Crippen LogP contribution >= 0.6 is 11.8 Å². The Morgan fingerprint density at radius 2 is 0.850 bits per heavy atom. The van der Waals surface area contributed by atoms with Gasteiger partial charge >= 0.3 is 0 Å². The van der Waals surface area contributed by atoms with Crippen LogP contribution in [0.1, 0.15) is 22.3 Å². The van der Waals surface area contributed by atoms with Crippen molar-refractivity contribution in [3.63, 3.8) is 0 Å². The molecular weight excluding hydrogens is 747 g/mol. The van der Waals surface area contributed by atoms with Gasteiger partial charge < -0.3 is 0 Å². The zero-order valence-electron chi connectivity index (χ0n) is 32.5. The number of pyridine rings is 1. The van der Waals surface area contributed by atoms with E-state index in [1.807, 2.05) is 30.1 Å². The monoisotopic (exact) mass is 781 g/mol. The predicted molar refractivity (Wildman–Crippen MR) is 246 cm³/mol. The van der Waals surface area contributed by atoms with E-state index in [2.05, 4.69) is 194 Å². The van der Waals surface area contributed by atoms with Gasteiger partial charge in [0.25, 0.3) is 0 Å². The minimum Gasteiger partial charge on any atom is -0.256 e. The fourth-order valence-electron chi connectivity index (χ4n) is 9.60. The van der Waals surface area contributed by atoms with E-state index in [9.17, 15) is 0 Å². The van der Waals surface area contributed by atoms with Crippen molar-refractivity contribution in [2.24, 2.45) is 0 Å². The van der Waals surface area contributed by atoms with Crippen LogP contribution in [0.3, 0.4) is 0 Å². The average Bonchev–Trinajstić information content (AvgIpc) is 3.62. The molecule has 1 aliphatic heterocycles. The molecule has 0 amide bonds. The molecule has 60 heavy (non-hydrogen) atoms. The average molecular weight is 782 g/mol. The van der Waals surface area contributed by atoms with Crippen molar-refractivity contribution in [1.82, 2.24) is 15.0 Å². The highest BCUT2D eigenvalue weighted by Gasteiger charge is 2.51. The van der Waals surface area contributed by atoms with Crippen LogP contribution < -0.4 is 0 Å². The van der Waals surface area contributed by atoms with Crippen LogP contribution in [-0.4, -0.2) is 15.0 Å². The van der Waals surface area contributed by atoms with Crippen molar-refractivity contribution in [3.05, 3.63) is 235 Å². The maximum absolute atomic E-state index is 5.42. The molecular formula is C56H35N3S. The summed E-state index contributed by atoms with van der Waals surface area (Å²) in [6.45, 7) is 0. The number of fused-ring (bicyclic) bond motifs is 10. The summed E-state index contributed by atoms with van der Waals surface area (Å²) in [6.07, 6.45) is 1.90. The Kier molecular flexibility index (Phi) is 8.00. The maximum Gasteiger partial charge on any atom is 0.160 e. The second kappa shape index (κ2) is 13.9. The lowest BCUT2D eigenvalue weighted by molar-refractivity contribution is 0.724. The van der Waals surface area contributed by atoms with E-state index in [0.29, 0.717) is 5.82 Å². The van der Waals surface area contributed by atoms with Gasteiger partial charge in [-0.15, -0.1) is 0 Å². The number of aromatic nitrogens is 3. The van der Waals surface area contributed by atoms with Gasteiger partial charge in [-0.1, -0.05) is 206 Å². The molecule has 2 aromatic heterocycles. The minimum absolute atomic E-state index is 0.571. The fourth-order valence-corrected chi connectivity index (χ4v) is 11.0. The van der Waals surface area contributed by atoms with Crippen molar-refractivity contribution >= 4 is 22.7 Å². The zero-order chi connectivity index (χ0) is 39.6. The summed E-state index contributed by atoms with van der Waals surface area (Å²) in [5.74, 6) is 0.697. The summed E-state index contributed by atoms with van der Waals surface area (Å²) >= 11 is 1.86. The largest absolute Gasteiger partial charge is 0.256 e. The Balaban J connectivity index is 1.13. The van der Waals surface area contributed by atoms with E-state index in [1.54, 1.807) is 0 Å². The molecule has 4 heteroatoms. The van der Waals surface area contributed by atoms with Crippen LogP contribution in [0.2, 0.25) is 0 Å². The molecule has 1 aliphatic carbocycles. The summed E-state index contributed by atoms with van der Waals surface area (Å²) in [4.78, 5) is 18.0. The Hall–Kier alpha value is -7.40. The number of rotatable bonds is 5. The van der Waals surface area contributed by atoms with E-state index in [4.69, 9.17) is 15.0 Å². The van der Waals surface area contributed by atoms with Gasteiger partial charge in [0, 0.05) is 43.6 Å². The zero-order valence-corrected chi connectivity index (χ0v) is 33.3. The first kappa shape index (κ1) is 34.6. The molecule has 3 heterocycles. The van der Waals surface area contributed by atoms with Crippen LogP contribution in [0.15, 0.2) is 222 Å². The number of hydrogen-bond donors (Lipinski definition) is 0. The third-order valence-corrected chi connectivity index (χ3v) is 13.5. The maximum atomic E-state index is 5.42. The Labute approximate surface area is 353 Å². The van der Waals surface area contributed by atoms with Crippen molar-refractivity contribution < 1.29 is 0 Å².